The molecule has 0 radical (unpaired) electrons. The van der Waals surface area contributed by atoms with Gasteiger partial charge >= 0.3 is 0 Å². The van der Waals surface area contributed by atoms with E-state index in [0.29, 0.717) is 41.4 Å². The Morgan fingerprint density at radius 3 is 2.04 bits per heavy atom. The van der Waals surface area contributed by atoms with E-state index in [1.165, 1.54) is 0 Å². The minimum absolute atomic E-state index is 0.344. The second kappa shape index (κ2) is 6.84. The number of aromatic nitrogens is 2. The molecule has 27 heavy (non-hydrogen) atoms. The molecule has 2 heterocycles. The predicted octanol–water partition coefficient (Wildman–Crippen LogP) is 5.06. The normalized spacial score (nSPS) is 23.6. The Kier molecular flexibility index (Phi) is 5.13. The fraction of sp³-hybridized carbons (Fsp3) is 0.714. The zero-order valence-electron chi connectivity index (χ0n) is 17.5. The summed E-state index contributed by atoms with van der Waals surface area (Å²) in [6, 6.07) is 1.90. The van der Waals surface area contributed by atoms with E-state index >= 15 is 0 Å². The molecule has 3 rings (SSSR count). The highest BCUT2D eigenvalue weighted by molar-refractivity contribution is 6.90. The number of anilines is 1. The molecule has 0 spiro atoms. The summed E-state index contributed by atoms with van der Waals surface area (Å²) < 4.78 is 27.0. The van der Waals surface area contributed by atoms with Crippen LogP contribution >= 0.6 is 0 Å². The van der Waals surface area contributed by atoms with Crippen molar-refractivity contribution >= 4 is 14.0 Å². The predicted molar refractivity (Wildman–Crippen MR) is 109 cm³/mol. The molecule has 1 aromatic rings. The van der Waals surface area contributed by atoms with Crippen LogP contribution in [0.2, 0.25) is 16.6 Å². The highest BCUT2D eigenvalue weighted by Crippen LogP contribution is 2.59. The second-order valence-corrected chi connectivity index (χ2v) is 14.7. The van der Waals surface area contributed by atoms with Gasteiger partial charge in [0, 0.05) is 18.8 Å². The Hall–Kier alpha value is -1.48. The number of piperidine rings is 1. The Bertz CT molecular complexity index is 744. The molecule has 2 fully saturated rings. The van der Waals surface area contributed by atoms with E-state index in [1.54, 1.807) is 0 Å². The first-order valence-corrected chi connectivity index (χ1v) is 12.2. The molecule has 2 aliphatic rings. The zero-order valence-corrected chi connectivity index (χ0v) is 18.5. The van der Waals surface area contributed by atoms with Crippen molar-refractivity contribution < 1.29 is 8.78 Å². The largest absolute Gasteiger partial charge is 0.340 e. The van der Waals surface area contributed by atoms with Gasteiger partial charge < -0.3 is 4.90 Å². The smallest absolute Gasteiger partial charge is 0.258 e. The van der Waals surface area contributed by atoms with Crippen molar-refractivity contribution in [3.63, 3.8) is 0 Å². The van der Waals surface area contributed by atoms with Gasteiger partial charge in [0.1, 0.15) is 13.8 Å². The highest BCUT2D eigenvalue weighted by Gasteiger charge is 2.72. The van der Waals surface area contributed by atoms with Crippen LogP contribution in [0.4, 0.5) is 14.7 Å². The first kappa shape index (κ1) is 20.3. The van der Waals surface area contributed by atoms with Crippen molar-refractivity contribution in [2.45, 2.75) is 71.0 Å². The molecule has 1 aliphatic carbocycles. The Labute approximate surface area is 163 Å². The molecule has 0 amide bonds. The lowest BCUT2D eigenvalue weighted by molar-refractivity contribution is 0.0796. The van der Waals surface area contributed by atoms with Crippen molar-refractivity contribution in [1.29, 1.82) is 0 Å². The van der Waals surface area contributed by atoms with Crippen LogP contribution < -0.4 is 4.90 Å². The molecule has 1 saturated carbocycles. The Morgan fingerprint density at radius 2 is 1.56 bits per heavy atom. The topological polar surface area (TPSA) is 29.0 Å². The lowest BCUT2D eigenvalue weighted by Crippen LogP contribution is -2.43. The maximum atomic E-state index is 13.5. The van der Waals surface area contributed by atoms with Crippen LogP contribution in [0.3, 0.4) is 0 Å². The summed E-state index contributed by atoms with van der Waals surface area (Å²) in [6.07, 6.45) is 0. The van der Waals surface area contributed by atoms with Gasteiger partial charge in [0.25, 0.3) is 5.92 Å². The third kappa shape index (κ3) is 3.39. The summed E-state index contributed by atoms with van der Waals surface area (Å²) in [5.41, 5.74) is 6.90. The van der Waals surface area contributed by atoms with Crippen LogP contribution in [0, 0.1) is 30.2 Å². The first-order chi connectivity index (χ1) is 12.5. The van der Waals surface area contributed by atoms with E-state index in [4.69, 9.17) is 0 Å². The van der Waals surface area contributed by atoms with E-state index in [0.717, 1.165) is 5.69 Å². The van der Waals surface area contributed by atoms with E-state index in [2.05, 4.69) is 63.0 Å². The molecule has 2 atom stereocenters. The van der Waals surface area contributed by atoms with Crippen molar-refractivity contribution in [3.05, 3.63) is 17.5 Å². The summed E-state index contributed by atoms with van der Waals surface area (Å²) in [7, 11) is -1.83. The lowest BCUT2D eigenvalue weighted by Gasteiger charge is -2.38. The van der Waals surface area contributed by atoms with Crippen LogP contribution in [0.25, 0.3) is 0 Å². The van der Waals surface area contributed by atoms with Crippen LogP contribution in [0.15, 0.2) is 6.07 Å². The quantitative estimate of drug-likeness (QED) is 0.531. The number of alkyl halides is 2. The molecule has 1 saturated heterocycles. The van der Waals surface area contributed by atoms with Gasteiger partial charge in [-0.1, -0.05) is 47.5 Å². The van der Waals surface area contributed by atoms with Gasteiger partial charge in [-0.3, -0.25) is 0 Å². The maximum absolute atomic E-state index is 13.5. The SMILES string of the molecule is Cc1cc(C#C[Si](C(C)C)(C(C)C)C(C)C)nc(N2CC3C(C2)C3(F)F)n1. The summed E-state index contributed by atoms with van der Waals surface area (Å²) >= 11 is 0. The van der Waals surface area contributed by atoms with Gasteiger partial charge in [0.2, 0.25) is 5.95 Å². The standard InChI is InChI=1S/C21H31F2N3Si/c1-13(2)27(14(3)4,15(5)6)9-8-17-10-16(7)24-20(25-17)26-11-18-19(12-26)21(18,22)23/h10,13-15,18-19H,11-12H2,1-7H3. The monoisotopic (exact) mass is 391 g/mol. The van der Waals surface area contributed by atoms with Gasteiger partial charge in [0.05, 0.1) is 11.8 Å². The number of hydrogen-bond donors (Lipinski definition) is 0. The highest BCUT2D eigenvalue weighted by atomic mass is 28.3. The summed E-state index contributed by atoms with van der Waals surface area (Å²) in [4.78, 5) is 11.0. The van der Waals surface area contributed by atoms with E-state index < -0.39 is 25.8 Å². The number of halogens is 2. The first-order valence-electron chi connectivity index (χ1n) is 10.0. The molecule has 2 unspecified atom stereocenters. The van der Waals surface area contributed by atoms with E-state index in [9.17, 15) is 8.78 Å². The van der Waals surface area contributed by atoms with Crippen LogP contribution in [0.5, 0.6) is 0 Å². The van der Waals surface area contributed by atoms with Crippen molar-refractivity contribution in [2.75, 3.05) is 18.0 Å². The van der Waals surface area contributed by atoms with E-state index in [-0.39, 0.29) is 0 Å². The Morgan fingerprint density at radius 1 is 1.04 bits per heavy atom. The number of aryl methyl sites for hydroxylation is 1. The molecule has 1 aliphatic heterocycles. The second-order valence-electron chi connectivity index (χ2n) is 9.13. The molecular weight excluding hydrogens is 360 g/mol. The summed E-state index contributed by atoms with van der Waals surface area (Å²) in [5.74, 6) is 0.365. The minimum Gasteiger partial charge on any atom is -0.340 e. The van der Waals surface area contributed by atoms with Gasteiger partial charge in [-0.25, -0.2) is 18.7 Å². The molecule has 6 heteroatoms. The minimum atomic E-state index is -2.49. The molecule has 1 aromatic heterocycles. The number of nitrogens with zero attached hydrogens (tertiary/aromatic N) is 3. The molecule has 0 N–H and O–H groups in total. The fourth-order valence-electron chi connectivity index (χ4n) is 5.03. The van der Waals surface area contributed by atoms with Crippen molar-refractivity contribution in [1.82, 2.24) is 9.97 Å². The molecule has 148 valence electrons. The summed E-state index contributed by atoms with van der Waals surface area (Å²) in [6.45, 7) is 16.3. The zero-order chi connectivity index (χ0) is 20.1. The van der Waals surface area contributed by atoms with Crippen LogP contribution in [-0.4, -0.2) is 37.1 Å². The van der Waals surface area contributed by atoms with Gasteiger partial charge in [-0.15, -0.1) is 5.54 Å². The van der Waals surface area contributed by atoms with Gasteiger partial charge in [0.15, 0.2) is 0 Å². The van der Waals surface area contributed by atoms with Gasteiger partial charge in [-0.2, -0.15) is 0 Å². The van der Waals surface area contributed by atoms with Gasteiger partial charge in [-0.05, 0) is 29.6 Å². The lowest BCUT2D eigenvalue weighted by atomic mass is 10.3. The van der Waals surface area contributed by atoms with E-state index in [1.807, 2.05) is 17.9 Å². The number of hydrogen-bond acceptors (Lipinski definition) is 3. The number of rotatable bonds is 4. The molecule has 0 bridgehead atoms. The van der Waals surface area contributed by atoms with Crippen molar-refractivity contribution in [3.8, 4) is 11.5 Å². The maximum Gasteiger partial charge on any atom is 0.258 e. The average molecular weight is 392 g/mol. The third-order valence-electron chi connectivity index (χ3n) is 6.60. The van der Waals surface area contributed by atoms with Crippen molar-refractivity contribution in [2.24, 2.45) is 11.8 Å². The third-order valence-corrected chi connectivity index (χ3v) is 12.9. The molecule has 3 nitrogen and oxygen atoms in total. The van der Waals surface area contributed by atoms with Crippen LogP contribution in [-0.2, 0) is 0 Å². The number of fused-ring (bicyclic) bond motifs is 1. The fourth-order valence-corrected chi connectivity index (χ4v) is 10.2. The Balaban J connectivity index is 1.89. The average Bonchev–Trinajstić information content (AvgIpc) is 2.91. The summed E-state index contributed by atoms with van der Waals surface area (Å²) in [5, 5.41) is 0. The molecular formula is C21H31F2N3Si. The van der Waals surface area contributed by atoms with Crippen LogP contribution in [0.1, 0.15) is 52.9 Å². The molecule has 0 aromatic carbocycles.